The smallest absolute Gasteiger partial charge is 0.329 e. The van der Waals surface area contributed by atoms with E-state index in [-0.39, 0.29) is 12.2 Å². The first kappa shape index (κ1) is 15.1. The SMILES string of the molecule is O=c1n(Cc2ccccc2)c2ccncc2n1Cc1nnc(C2CC2)o1. The van der Waals surface area contributed by atoms with E-state index in [1.165, 1.54) is 0 Å². The van der Waals surface area contributed by atoms with E-state index in [9.17, 15) is 4.79 Å². The van der Waals surface area contributed by atoms with E-state index < -0.39 is 0 Å². The highest BCUT2D eigenvalue weighted by atomic mass is 16.4. The minimum absolute atomic E-state index is 0.108. The summed E-state index contributed by atoms with van der Waals surface area (Å²) in [6.07, 6.45) is 5.60. The molecule has 130 valence electrons. The fourth-order valence-corrected chi connectivity index (χ4v) is 3.20. The Morgan fingerprint density at radius 1 is 1.00 bits per heavy atom. The minimum Gasteiger partial charge on any atom is -0.423 e. The third-order valence-electron chi connectivity index (χ3n) is 4.71. The summed E-state index contributed by atoms with van der Waals surface area (Å²) >= 11 is 0. The lowest BCUT2D eigenvalue weighted by Crippen LogP contribution is -2.25. The van der Waals surface area contributed by atoms with Gasteiger partial charge in [0.1, 0.15) is 6.54 Å². The summed E-state index contributed by atoms with van der Waals surface area (Å²) in [4.78, 5) is 17.2. The third-order valence-corrected chi connectivity index (χ3v) is 4.71. The summed E-state index contributed by atoms with van der Waals surface area (Å²) in [5, 5.41) is 8.21. The van der Waals surface area contributed by atoms with Crippen molar-refractivity contribution in [1.82, 2.24) is 24.3 Å². The monoisotopic (exact) mass is 347 g/mol. The first-order chi connectivity index (χ1) is 12.8. The lowest BCUT2D eigenvalue weighted by molar-refractivity contribution is 0.438. The predicted molar refractivity (Wildman–Crippen MR) is 94.9 cm³/mol. The van der Waals surface area contributed by atoms with Gasteiger partial charge in [-0.05, 0) is 24.5 Å². The van der Waals surface area contributed by atoms with Crippen LogP contribution in [-0.2, 0) is 13.1 Å². The predicted octanol–water partition coefficient (Wildman–Crippen LogP) is 2.56. The van der Waals surface area contributed by atoms with Crippen molar-refractivity contribution in [2.75, 3.05) is 0 Å². The summed E-state index contributed by atoms with van der Waals surface area (Å²) in [6.45, 7) is 0.757. The van der Waals surface area contributed by atoms with Crippen molar-refractivity contribution in [3.05, 3.63) is 76.6 Å². The molecule has 0 bridgehead atoms. The first-order valence-corrected chi connectivity index (χ1v) is 8.69. The highest BCUT2D eigenvalue weighted by Gasteiger charge is 2.29. The van der Waals surface area contributed by atoms with Gasteiger partial charge in [0.25, 0.3) is 0 Å². The molecule has 0 aliphatic heterocycles. The van der Waals surface area contributed by atoms with Crippen LogP contribution in [0.15, 0.2) is 58.0 Å². The summed E-state index contributed by atoms with van der Waals surface area (Å²) in [5.41, 5.74) is 2.57. The quantitative estimate of drug-likeness (QED) is 0.554. The Balaban J connectivity index is 1.56. The van der Waals surface area contributed by atoms with Crippen LogP contribution >= 0.6 is 0 Å². The van der Waals surface area contributed by atoms with Crippen LogP contribution in [0.4, 0.5) is 0 Å². The number of benzene rings is 1. The van der Waals surface area contributed by atoms with Crippen LogP contribution in [0.25, 0.3) is 11.0 Å². The second-order valence-corrected chi connectivity index (χ2v) is 6.61. The number of aromatic nitrogens is 5. The summed E-state index contributed by atoms with van der Waals surface area (Å²) < 4.78 is 9.13. The summed E-state index contributed by atoms with van der Waals surface area (Å²) in [5.74, 6) is 1.53. The molecule has 0 atom stereocenters. The average molecular weight is 347 g/mol. The van der Waals surface area contributed by atoms with E-state index >= 15 is 0 Å². The molecule has 1 aromatic carbocycles. The number of nitrogens with zero attached hydrogens (tertiary/aromatic N) is 5. The lowest BCUT2D eigenvalue weighted by Gasteiger charge is -2.03. The standard InChI is InChI=1S/C19H17N5O2/c25-19-23(11-13-4-2-1-3-5-13)15-8-9-20-10-16(15)24(19)12-17-21-22-18(26-17)14-6-7-14/h1-5,8-10,14H,6-7,11-12H2. The van der Waals surface area contributed by atoms with Crippen molar-refractivity contribution in [2.24, 2.45) is 0 Å². The van der Waals surface area contributed by atoms with E-state index in [0.717, 1.165) is 29.4 Å². The Hall–Kier alpha value is -3.22. The normalized spacial score (nSPS) is 14.2. The molecular weight excluding hydrogens is 330 g/mol. The number of pyridine rings is 1. The van der Waals surface area contributed by atoms with E-state index in [1.807, 2.05) is 36.4 Å². The number of fused-ring (bicyclic) bond motifs is 1. The maximum atomic E-state index is 13.1. The number of hydrogen-bond donors (Lipinski definition) is 0. The van der Waals surface area contributed by atoms with Gasteiger partial charge in [0.15, 0.2) is 0 Å². The van der Waals surface area contributed by atoms with Gasteiger partial charge in [-0.1, -0.05) is 30.3 Å². The molecule has 0 saturated heterocycles. The molecule has 1 aliphatic carbocycles. The minimum atomic E-state index is -0.108. The Labute approximate surface area is 148 Å². The van der Waals surface area contributed by atoms with Gasteiger partial charge in [-0.3, -0.25) is 14.1 Å². The number of rotatable bonds is 5. The zero-order valence-corrected chi connectivity index (χ0v) is 14.1. The van der Waals surface area contributed by atoms with Gasteiger partial charge in [-0.25, -0.2) is 4.79 Å². The van der Waals surface area contributed by atoms with Gasteiger partial charge >= 0.3 is 5.69 Å². The molecular formula is C19H17N5O2. The van der Waals surface area contributed by atoms with Crippen LogP contribution < -0.4 is 5.69 Å². The summed E-state index contributed by atoms with van der Waals surface area (Å²) in [6, 6.07) is 11.8. The van der Waals surface area contributed by atoms with E-state index in [4.69, 9.17) is 4.42 Å². The maximum Gasteiger partial charge on any atom is 0.329 e. The molecule has 26 heavy (non-hydrogen) atoms. The molecule has 7 nitrogen and oxygen atoms in total. The molecule has 0 radical (unpaired) electrons. The molecule has 0 unspecified atom stereocenters. The topological polar surface area (TPSA) is 78.7 Å². The molecule has 0 spiro atoms. The van der Waals surface area contributed by atoms with Gasteiger partial charge in [-0.15, -0.1) is 10.2 Å². The second-order valence-electron chi connectivity index (χ2n) is 6.61. The van der Waals surface area contributed by atoms with Crippen molar-refractivity contribution < 1.29 is 4.42 Å². The van der Waals surface area contributed by atoms with E-state index in [1.54, 1.807) is 21.5 Å². The fourth-order valence-electron chi connectivity index (χ4n) is 3.20. The number of hydrogen-bond acceptors (Lipinski definition) is 5. The van der Waals surface area contributed by atoms with Crippen LogP contribution in [0.5, 0.6) is 0 Å². The highest BCUT2D eigenvalue weighted by molar-refractivity contribution is 5.75. The zero-order chi connectivity index (χ0) is 17.5. The first-order valence-electron chi connectivity index (χ1n) is 8.69. The van der Waals surface area contributed by atoms with Gasteiger partial charge < -0.3 is 4.42 Å². The summed E-state index contributed by atoms with van der Waals surface area (Å²) in [7, 11) is 0. The fraction of sp³-hybridized carbons (Fsp3) is 0.263. The molecule has 7 heteroatoms. The van der Waals surface area contributed by atoms with Crippen molar-refractivity contribution >= 4 is 11.0 Å². The molecule has 0 amide bonds. The second kappa shape index (κ2) is 5.94. The van der Waals surface area contributed by atoms with Crippen molar-refractivity contribution in [2.45, 2.75) is 31.8 Å². The molecule has 1 fully saturated rings. The third kappa shape index (κ3) is 2.61. The molecule has 3 aromatic heterocycles. The highest BCUT2D eigenvalue weighted by Crippen LogP contribution is 2.39. The van der Waals surface area contributed by atoms with Crippen molar-refractivity contribution in [3.63, 3.8) is 0 Å². The van der Waals surface area contributed by atoms with Crippen LogP contribution in [-0.4, -0.2) is 24.3 Å². The number of imidazole rings is 1. The average Bonchev–Trinajstić information content (AvgIpc) is 3.37. The van der Waals surface area contributed by atoms with Crippen LogP contribution in [0.3, 0.4) is 0 Å². The largest absolute Gasteiger partial charge is 0.423 e. The van der Waals surface area contributed by atoms with E-state index in [2.05, 4.69) is 15.2 Å². The van der Waals surface area contributed by atoms with Crippen molar-refractivity contribution in [1.29, 1.82) is 0 Å². The Morgan fingerprint density at radius 2 is 1.81 bits per heavy atom. The van der Waals surface area contributed by atoms with Gasteiger partial charge in [0.2, 0.25) is 11.8 Å². The molecule has 4 aromatic rings. The molecule has 0 N–H and O–H groups in total. The van der Waals surface area contributed by atoms with Gasteiger partial charge in [-0.2, -0.15) is 0 Å². The zero-order valence-electron chi connectivity index (χ0n) is 14.1. The van der Waals surface area contributed by atoms with Crippen molar-refractivity contribution in [3.8, 4) is 0 Å². The Kier molecular flexibility index (Phi) is 3.44. The van der Waals surface area contributed by atoms with E-state index in [0.29, 0.717) is 24.2 Å². The molecule has 1 aliphatic rings. The van der Waals surface area contributed by atoms with Gasteiger partial charge in [0, 0.05) is 12.1 Å². The van der Waals surface area contributed by atoms with Crippen LogP contribution in [0.1, 0.15) is 36.1 Å². The molecule has 5 rings (SSSR count). The lowest BCUT2D eigenvalue weighted by atomic mass is 10.2. The maximum absolute atomic E-state index is 13.1. The molecule has 3 heterocycles. The van der Waals surface area contributed by atoms with Gasteiger partial charge in [0.05, 0.1) is 23.8 Å². The molecule has 1 saturated carbocycles. The van der Waals surface area contributed by atoms with Crippen LogP contribution in [0, 0.1) is 0 Å². The Morgan fingerprint density at radius 3 is 2.62 bits per heavy atom. The Bertz CT molecular complexity index is 1120. The van der Waals surface area contributed by atoms with Crippen LogP contribution in [0.2, 0.25) is 0 Å².